The summed E-state index contributed by atoms with van der Waals surface area (Å²) < 4.78 is 11.0. The Balaban J connectivity index is 0.00000338. The second-order valence-corrected chi connectivity index (χ2v) is 7.54. The third kappa shape index (κ3) is 5.70. The van der Waals surface area contributed by atoms with Crippen molar-refractivity contribution in [3.05, 3.63) is 58.1 Å². The molecule has 2 atom stereocenters. The van der Waals surface area contributed by atoms with Crippen molar-refractivity contribution in [2.24, 2.45) is 0 Å². The van der Waals surface area contributed by atoms with Crippen LogP contribution in [-0.2, 0) is 4.74 Å². The maximum Gasteiger partial charge on any atom is 1.00 e. The van der Waals surface area contributed by atoms with Gasteiger partial charge in [-0.1, -0.05) is 18.2 Å². The predicted octanol–water partition coefficient (Wildman–Crippen LogP) is 1.83. The molecule has 0 bridgehead atoms. The number of carbonyl (C=O) groups is 1. The molecule has 3 nitrogen and oxygen atoms in total. The zero-order valence-electron chi connectivity index (χ0n) is 16.9. The van der Waals surface area contributed by atoms with Gasteiger partial charge in [0.1, 0.15) is 5.75 Å². The van der Waals surface area contributed by atoms with Gasteiger partial charge in [0, 0.05) is 12.2 Å². The van der Waals surface area contributed by atoms with E-state index in [-0.39, 0.29) is 39.3 Å². The minimum absolute atomic E-state index is 0. The molecule has 0 fully saturated rings. The smallest absolute Gasteiger partial charge is 0.465 e. The van der Waals surface area contributed by atoms with Crippen molar-refractivity contribution in [1.82, 2.24) is 0 Å². The molecule has 0 amide bonds. The quantitative estimate of drug-likeness (QED) is 0.427. The first-order chi connectivity index (χ1) is 11.8. The number of benzene rings is 2. The molecule has 0 radical (unpaired) electrons. The van der Waals surface area contributed by atoms with Crippen molar-refractivity contribution in [1.29, 1.82) is 0 Å². The van der Waals surface area contributed by atoms with Gasteiger partial charge in [-0.2, -0.15) is 0 Å². The van der Waals surface area contributed by atoms with Crippen LogP contribution in [0.15, 0.2) is 30.3 Å². The number of rotatable bonds is 7. The number of hydrogen-bond acceptors (Lipinski definition) is 3. The van der Waals surface area contributed by atoms with Gasteiger partial charge in [-0.05, 0) is 89.8 Å². The summed E-state index contributed by atoms with van der Waals surface area (Å²) in [5.41, 5.74) is 5.65. The Hall–Kier alpha value is -1.10. The molecule has 0 saturated carbocycles. The maximum absolute atomic E-state index is 12.8. The maximum atomic E-state index is 12.8. The molecule has 0 heterocycles. The van der Waals surface area contributed by atoms with E-state index in [1.54, 1.807) is 0 Å². The van der Waals surface area contributed by atoms with Gasteiger partial charge in [0.05, 0.1) is 0 Å². The van der Waals surface area contributed by atoms with Gasteiger partial charge < -0.3 is 9.47 Å². The molecule has 2 aromatic rings. The van der Waals surface area contributed by atoms with Gasteiger partial charge in [-0.15, -0.1) is 0 Å². The molecule has 0 saturated heterocycles. The number of carbonyl (C=O) groups excluding carboxylic acids is 1. The third-order valence-corrected chi connectivity index (χ3v) is 5.50. The van der Waals surface area contributed by atoms with Crippen LogP contribution in [0.5, 0.6) is 5.75 Å². The van der Waals surface area contributed by atoms with Gasteiger partial charge in [0.15, 0.2) is 11.8 Å². The summed E-state index contributed by atoms with van der Waals surface area (Å²) in [6, 6.07) is 9.80. The summed E-state index contributed by atoms with van der Waals surface area (Å²) in [4.78, 5) is 12.8. The second-order valence-electron chi connectivity index (χ2n) is 6.25. The average Bonchev–Trinajstić information content (AvgIpc) is 2.55. The molecule has 2 rings (SSSR count). The first-order valence-corrected chi connectivity index (χ1v) is 9.60. The van der Waals surface area contributed by atoms with Crippen molar-refractivity contribution < 1.29 is 33.1 Å². The summed E-state index contributed by atoms with van der Waals surface area (Å²) in [5.74, 6) is 0.750. The van der Waals surface area contributed by atoms with Crippen molar-refractivity contribution in [2.45, 2.75) is 47.8 Å². The largest absolute Gasteiger partial charge is 1.00 e. The zero-order chi connectivity index (χ0) is 18.6. The Morgan fingerprint density at radius 3 is 2.23 bits per heavy atom. The Labute approximate surface area is 170 Å². The molecule has 0 N–H and O–H groups in total. The summed E-state index contributed by atoms with van der Waals surface area (Å²) >= 11 is 0. The molecule has 0 spiro atoms. The monoisotopic (exact) mass is 365 g/mol. The van der Waals surface area contributed by atoms with Gasteiger partial charge >= 0.3 is 18.9 Å². The van der Waals surface area contributed by atoms with Crippen molar-refractivity contribution in [3.8, 4) is 5.75 Å². The van der Waals surface area contributed by atoms with Gasteiger partial charge in [-0.25, -0.2) is 0 Å². The number of aryl methyl sites for hydroxylation is 2. The summed E-state index contributed by atoms with van der Waals surface area (Å²) in [6.45, 7) is 12.6. The first-order valence-electron chi connectivity index (χ1n) is 8.60. The van der Waals surface area contributed by atoms with E-state index in [2.05, 4.69) is 19.9 Å². The molecular weight excluding hydrogens is 338 g/mol. The molecule has 0 aliphatic carbocycles. The molecule has 134 valence electrons. The van der Waals surface area contributed by atoms with Gasteiger partial charge in [0.2, 0.25) is 0 Å². The Morgan fingerprint density at radius 2 is 1.65 bits per heavy atom. The molecule has 2 aromatic carbocycles. The fourth-order valence-electron chi connectivity index (χ4n) is 2.90. The molecule has 5 heteroatoms. The van der Waals surface area contributed by atoms with Crippen LogP contribution in [0.3, 0.4) is 0 Å². The van der Waals surface area contributed by atoms with Crippen LogP contribution in [-0.4, -0.2) is 18.4 Å². The van der Waals surface area contributed by atoms with Crippen molar-refractivity contribution >= 4 is 19.4 Å². The Bertz CT molecular complexity index is 757. The molecular formula is C21H27LiO3P+. The first kappa shape index (κ1) is 22.9. The Kier molecular flexibility index (Phi) is 9.08. The van der Waals surface area contributed by atoms with Crippen LogP contribution in [0.25, 0.3) is 0 Å². The molecule has 0 aromatic heterocycles. The number of ether oxygens (including phenoxy) is 2. The van der Waals surface area contributed by atoms with Crippen LogP contribution >= 0.6 is 8.58 Å². The predicted molar refractivity (Wildman–Crippen MR) is 106 cm³/mol. The van der Waals surface area contributed by atoms with Gasteiger partial charge in [0.25, 0.3) is 0 Å². The van der Waals surface area contributed by atoms with Crippen LogP contribution in [0.1, 0.15) is 46.5 Å². The van der Waals surface area contributed by atoms with E-state index >= 15 is 0 Å². The van der Waals surface area contributed by atoms with Crippen LogP contribution in [0.4, 0.5) is 0 Å². The SMILES string of the molecule is CCOC(C)Oc1ccc(PC(=O)c2c(C)cc(C)c(C)c2C)cc1.[Li+]. The molecule has 26 heavy (non-hydrogen) atoms. The number of hydrogen-bond donors (Lipinski definition) is 0. The minimum atomic E-state index is -0.277. The second kappa shape index (κ2) is 10.3. The fourth-order valence-corrected chi connectivity index (χ4v) is 4.01. The van der Waals surface area contributed by atoms with Crippen molar-refractivity contribution in [3.63, 3.8) is 0 Å². The Morgan fingerprint density at radius 1 is 1.04 bits per heavy atom. The van der Waals surface area contributed by atoms with E-state index < -0.39 is 0 Å². The van der Waals surface area contributed by atoms with E-state index in [1.807, 2.05) is 52.0 Å². The summed E-state index contributed by atoms with van der Waals surface area (Å²) in [7, 11) is 0.109. The van der Waals surface area contributed by atoms with E-state index in [1.165, 1.54) is 11.1 Å². The van der Waals surface area contributed by atoms with E-state index in [4.69, 9.17) is 9.47 Å². The normalized spacial score (nSPS) is 12.1. The minimum Gasteiger partial charge on any atom is -0.465 e. The molecule has 0 aliphatic rings. The van der Waals surface area contributed by atoms with Gasteiger partial charge in [-0.3, -0.25) is 4.79 Å². The van der Waals surface area contributed by atoms with E-state index in [9.17, 15) is 4.79 Å². The fraction of sp³-hybridized carbons (Fsp3) is 0.381. The summed E-state index contributed by atoms with van der Waals surface area (Å²) in [5, 5.41) is 1.01. The van der Waals surface area contributed by atoms with E-state index in [0.29, 0.717) is 6.61 Å². The topological polar surface area (TPSA) is 35.5 Å². The van der Waals surface area contributed by atoms with Crippen LogP contribution < -0.4 is 28.9 Å². The van der Waals surface area contributed by atoms with Crippen LogP contribution in [0.2, 0.25) is 0 Å². The summed E-state index contributed by atoms with van der Waals surface area (Å²) in [6.07, 6.45) is -0.277. The molecule has 0 aliphatic heterocycles. The average molecular weight is 365 g/mol. The van der Waals surface area contributed by atoms with Crippen LogP contribution in [0, 0.1) is 27.7 Å². The standard InChI is InChI=1S/C21H27O3P.Li/c1-7-23-17(6)24-18-8-10-19(11-9-18)25-21(22)20-14(3)12-13(2)15(4)16(20)5;/h8-12,17,25H,7H2,1-6H3;/q;+1. The zero-order valence-corrected chi connectivity index (χ0v) is 17.9. The molecule has 2 unspecified atom stereocenters. The van der Waals surface area contributed by atoms with Crippen molar-refractivity contribution in [2.75, 3.05) is 6.61 Å². The van der Waals surface area contributed by atoms with E-state index in [0.717, 1.165) is 27.7 Å². The third-order valence-electron chi connectivity index (χ3n) is 4.40.